The summed E-state index contributed by atoms with van der Waals surface area (Å²) in [6.07, 6.45) is -4.46. The predicted molar refractivity (Wildman–Crippen MR) is 55.5 cm³/mol. The van der Waals surface area contributed by atoms with Gasteiger partial charge in [0.05, 0.1) is 5.56 Å². The molecule has 16 heavy (non-hydrogen) atoms. The van der Waals surface area contributed by atoms with E-state index in [1.807, 2.05) is 0 Å². The molecule has 1 nitrogen and oxygen atoms in total. The highest BCUT2D eigenvalue weighted by atomic mass is 19.4. The molecule has 0 saturated heterocycles. The average molecular weight is 231 g/mol. The van der Waals surface area contributed by atoms with Crippen LogP contribution < -0.4 is 0 Å². The van der Waals surface area contributed by atoms with E-state index in [9.17, 15) is 13.2 Å². The van der Waals surface area contributed by atoms with Crippen molar-refractivity contribution in [2.24, 2.45) is 0 Å². The normalized spacial score (nSPS) is 12.9. The summed E-state index contributed by atoms with van der Waals surface area (Å²) < 4.78 is 38.7. The monoisotopic (exact) mass is 231 g/mol. The minimum Gasteiger partial charge on any atom is -0.385 e. The molecule has 4 heteroatoms. The molecule has 0 atom stereocenters. The molecule has 1 aromatic carbocycles. The molecule has 0 saturated carbocycles. The second-order valence-corrected chi connectivity index (χ2v) is 4.65. The number of benzene rings is 1. The van der Waals surface area contributed by atoms with E-state index in [1.165, 1.54) is 18.2 Å². The molecular formula is C12H14F3O. The molecule has 0 unspecified atom stereocenters. The Morgan fingerprint density at radius 3 is 2.06 bits per heavy atom. The fourth-order valence-electron chi connectivity index (χ4n) is 1.62. The number of rotatable bonds is 1. The second kappa shape index (κ2) is 4.09. The van der Waals surface area contributed by atoms with E-state index in [0.717, 1.165) is 0 Å². The summed E-state index contributed by atoms with van der Waals surface area (Å²) in [4.78, 5) is 0. The topological polar surface area (TPSA) is 20.2 Å². The van der Waals surface area contributed by atoms with Gasteiger partial charge in [-0.3, -0.25) is 0 Å². The molecule has 0 aromatic heterocycles. The summed E-state index contributed by atoms with van der Waals surface area (Å²) in [6.45, 7) is 5.62. The SMILES string of the molecule is CC(C)(C)c1cccc([CH]O)c1C(F)(F)F. The van der Waals surface area contributed by atoms with Gasteiger partial charge in [0.25, 0.3) is 0 Å². The fraction of sp³-hybridized carbons (Fsp3) is 0.417. The van der Waals surface area contributed by atoms with Gasteiger partial charge in [-0.05, 0) is 16.5 Å². The molecule has 0 aliphatic rings. The fourth-order valence-corrected chi connectivity index (χ4v) is 1.62. The van der Waals surface area contributed by atoms with Gasteiger partial charge in [-0.25, -0.2) is 0 Å². The Bertz CT molecular complexity index is 375. The van der Waals surface area contributed by atoms with E-state index in [2.05, 4.69) is 0 Å². The quantitative estimate of drug-likeness (QED) is 0.777. The maximum atomic E-state index is 12.9. The van der Waals surface area contributed by atoms with Crippen molar-refractivity contribution in [1.82, 2.24) is 0 Å². The predicted octanol–water partition coefficient (Wildman–Crippen LogP) is 3.89. The van der Waals surface area contributed by atoms with Crippen LogP contribution in [0, 0.1) is 6.61 Å². The van der Waals surface area contributed by atoms with Gasteiger partial charge in [0.1, 0.15) is 6.61 Å². The minimum absolute atomic E-state index is 0.183. The molecule has 0 amide bonds. The summed E-state index contributed by atoms with van der Waals surface area (Å²) in [5, 5.41) is 8.85. The number of aliphatic hydroxyl groups is 1. The zero-order valence-corrected chi connectivity index (χ0v) is 9.39. The third-order valence-electron chi connectivity index (χ3n) is 2.33. The Labute approximate surface area is 92.9 Å². The van der Waals surface area contributed by atoms with Gasteiger partial charge in [0.2, 0.25) is 0 Å². The van der Waals surface area contributed by atoms with Crippen LogP contribution in [0.15, 0.2) is 18.2 Å². The van der Waals surface area contributed by atoms with Crippen molar-refractivity contribution in [2.45, 2.75) is 32.4 Å². The standard InChI is InChI=1S/C12H14F3O/c1-11(2,3)9-6-4-5-8(7-16)10(9)12(13,14)15/h4-7,16H,1-3H3. The first kappa shape index (κ1) is 13.0. The largest absolute Gasteiger partial charge is 0.417 e. The smallest absolute Gasteiger partial charge is 0.385 e. The molecule has 0 spiro atoms. The lowest BCUT2D eigenvalue weighted by molar-refractivity contribution is -0.139. The van der Waals surface area contributed by atoms with Crippen molar-refractivity contribution in [2.75, 3.05) is 0 Å². The van der Waals surface area contributed by atoms with Crippen LogP contribution in [0.4, 0.5) is 13.2 Å². The Hall–Kier alpha value is -1.03. The number of hydrogen-bond acceptors (Lipinski definition) is 1. The van der Waals surface area contributed by atoms with Crippen molar-refractivity contribution in [1.29, 1.82) is 0 Å². The molecule has 0 fully saturated rings. The van der Waals surface area contributed by atoms with Gasteiger partial charge >= 0.3 is 6.18 Å². The highest BCUT2D eigenvalue weighted by molar-refractivity contribution is 5.43. The Kier molecular flexibility index (Phi) is 3.33. The van der Waals surface area contributed by atoms with Crippen LogP contribution in [0.1, 0.15) is 37.5 Å². The van der Waals surface area contributed by atoms with E-state index in [-0.39, 0.29) is 11.1 Å². The van der Waals surface area contributed by atoms with Crippen LogP contribution in [-0.2, 0) is 11.6 Å². The Morgan fingerprint density at radius 2 is 1.69 bits per heavy atom. The van der Waals surface area contributed by atoms with Crippen LogP contribution in [0.2, 0.25) is 0 Å². The van der Waals surface area contributed by atoms with Gasteiger partial charge in [0.15, 0.2) is 0 Å². The number of halogens is 3. The molecule has 1 rings (SSSR count). The zero-order valence-electron chi connectivity index (χ0n) is 9.39. The lowest BCUT2D eigenvalue weighted by Crippen LogP contribution is -2.21. The summed E-state index contributed by atoms with van der Waals surface area (Å²) in [5.41, 5.74) is -1.39. The first-order valence-electron chi connectivity index (χ1n) is 4.86. The van der Waals surface area contributed by atoms with Gasteiger partial charge in [-0.1, -0.05) is 39.0 Å². The van der Waals surface area contributed by atoms with E-state index < -0.39 is 17.2 Å². The zero-order chi connectivity index (χ0) is 12.6. The lowest BCUT2D eigenvalue weighted by Gasteiger charge is -2.25. The van der Waals surface area contributed by atoms with Crippen molar-refractivity contribution in [3.8, 4) is 0 Å². The third-order valence-corrected chi connectivity index (χ3v) is 2.33. The van der Waals surface area contributed by atoms with E-state index in [1.54, 1.807) is 20.8 Å². The lowest BCUT2D eigenvalue weighted by atomic mass is 9.82. The highest BCUT2D eigenvalue weighted by Crippen LogP contribution is 2.39. The Morgan fingerprint density at radius 1 is 1.12 bits per heavy atom. The van der Waals surface area contributed by atoms with Crippen molar-refractivity contribution in [3.05, 3.63) is 41.5 Å². The molecule has 0 heterocycles. The van der Waals surface area contributed by atoms with Gasteiger partial charge in [-0.15, -0.1) is 0 Å². The van der Waals surface area contributed by atoms with E-state index in [4.69, 9.17) is 5.11 Å². The average Bonchev–Trinajstić information content (AvgIpc) is 2.13. The van der Waals surface area contributed by atoms with Crippen molar-refractivity contribution >= 4 is 0 Å². The van der Waals surface area contributed by atoms with E-state index >= 15 is 0 Å². The molecule has 89 valence electrons. The molecule has 0 aliphatic heterocycles. The van der Waals surface area contributed by atoms with Gasteiger partial charge in [-0.2, -0.15) is 13.2 Å². The highest BCUT2D eigenvalue weighted by Gasteiger charge is 2.38. The van der Waals surface area contributed by atoms with Crippen molar-refractivity contribution < 1.29 is 18.3 Å². The number of alkyl halides is 3. The third kappa shape index (κ3) is 2.55. The molecule has 1 N–H and O–H groups in total. The summed E-state index contributed by atoms with van der Waals surface area (Å²) in [7, 11) is 0. The van der Waals surface area contributed by atoms with Crippen LogP contribution in [0.3, 0.4) is 0 Å². The van der Waals surface area contributed by atoms with Gasteiger partial charge < -0.3 is 5.11 Å². The van der Waals surface area contributed by atoms with Crippen LogP contribution in [-0.4, -0.2) is 5.11 Å². The molecular weight excluding hydrogens is 217 g/mol. The van der Waals surface area contributed by atoms with Crippen molar-refractivity contribution in [3.63, 3.8) is 0 Å². The molecule has 1 radical (unpaired) electrons. The maximum absolute atomic E-state index is 12.9. The molecule has 0 aliphatic carbocycles. The van der Waals surface area contributed by atoms with E-state index in [0.29, 0.717) is 6.61 Å². The second-order valence-electron chi connectivity index (χ2n) is 4.65. The van der Waals surface area contributed by atoms with Gasteiger partial charge in [0, 0.05) is 0 Å². The summed E-state index contributed by atoms with van der Waals surface area (Å²) in [5.74, 6) is 0. The molecule has 1 aromatic rings. The molecule has 0 bridgehead atoms. The van der Waals surface area contributed by atoms with Crippen LogP contribution in [0.5, 0.6) is 0 Å². The maximum Gasteiger partial charge on any atom is 0.417 e. The minimum atomic E-state index is -4.46. The number of aliphatic hydroxyl groups excluding tert-OH is 1. The first-order valence-corrected chi connectivity index (χ1v) is 4.86. The van der Waals surface area contributed by atoms with Crippen LogP contribution in [0.25, 0.3) is 0 Å². The van der Waals surface area contributed by atoms with Crippen LogP contribution >= 0.6 is 0 Å². The number of hydrogen-bond donors (Lipinski definition) is 1. The Balaban J connectivity index is 3.51. The summed E-state index contributed by atoms with van der Waals surface area (Å²) in [6, 6.07) is 4.20. The summed E-state index contributed by atoms with van der Waals surface area (Å²) >= 11 is 0. The first-order chi connectivity index (χ1) is 7.18.